The zero-order valence-corrected chi connectivity index (χ0v) is 20.0. The molecule has 5 aromatic rings. The topological polar surface area (TPSA) is 106 Å². The number of tetrazole rings is 1. The van der Waals surface area contributed by atoms with Gasteiger partial charge in [0.05, 0.1) is 46.3 Å². The number of aryl methyl sites for hydroxylation is 1. The summed E-state index contributed by atoms with van der Waals surface area (Å²) in [6, 6.07) is 6.22. The van der Waals surface area contributed by atoms with E-state index in [0.717, 1.165) is 35.3 Å². The third-order valence-electron chi connectivity index (χ3n) is 6.53. The first kappa shape index (κ1) is 22.4. The molecule has 12 heteroatoms. The van der Waals surface area contributed by atoms with Gasteiger partial charge in [-0.15, -0.1) is 5.10 Å². The highest BCUT2D eigenvalue weighted by Crippen LogP contribution is 2.39. The Bertz CT molecular complexity index is 1540. The Kier molecular flexibility index (Phi) is 5.48. The van der Waals surface area contributed by atoms with Crippen molar-refractivity contribution in [1.29, 1.82) is 0 Å². The van der Waals surface area contributed by atoms with E-state index < -0.39 is 5.82 Å². The van der Waals surface area contributed by atoms with Crippen LogP contribution in [0, 0.1) is 16.9 Å². The van der Waals surface area contributed by atoms with E-state index in [1.807, 2.05) is 22.5 Å². The quantitative estimate of drug-likeness (QED) is 0.246. The molecule has 36 heavy (non-hydrogen) atoms. The minimum absolute atomic E-state index is 0.0609. The van der Waals surface area contributed by atoms with Crippen LogP contribution in [0.15, 0.2) is 61.7 Å². The van der Waals surface area contributed by atoms with Crippen molar-refractivity contribution in [3.63, 3.8) is 0 Å². The van der Waals surface area contributed by atoms with Gasteiger partial charge in [-0.25, -0.2) is 9.37 Å². The molecule has 4 aromatic heterocycles. The number of aromatic nitrogens is 9. The van der Waals surface area contributed by atoms with E-state index in [0.29, 0.717) is 22.9 Å². The van der Waals surface area contributed by atoms with E-state index in [-0.39, 0.29) is 16.6 Å². The van der Waals surface area contributed by atoms with Crippen LogP contribution >= 0.6 is 11.6 Å². The molecule has 182 valence electrons. The molecule has 1 aliphatic carbocycles. The molecule has 0 N–H and O–H groups in total. The molecule has 10 nitrogen and oxygen atoms in total. The van der Waals surface area contributed by atoms with Crippen LogP contribution < -0.4 is 4.73 Å². The Morgan fingerprint density at radius 1 is 1.17 bits per heavy atom. The van der Waals surface area contributed by atoms with Crippen molar-refractivity contribution in [3.05, 3.63) is 83.4 Å². The molecule has 1 saturated carbocycles. The van der Waals surface area contributed by atoms with Gasteiger partial charge in [-0.2, -0.15) is 14.5 Å². The van der Waals surface area contributed by atoms with Crippen LogP contribution in [0.3, 0.4) is 0 Å². The summed E-state index contributed by atoms with van der Waals surface area (Å²) in [7, 11) is 1.92. The molecule has 0 radical (unpaired) electrons. The molecule has 0 amide bonds. The summed E-state index contributed by atoms with van der Waals surface area (Å²) in [5, 5.41) is 29.0. The lowest BCUT2D eigenvalue weighted by atomic mass is 10.0. The fourth-order valence-corrected chi connectivity index (χ4v) is 4.64. The summed E-state index contributed by atoms with van der Waals surface area (Å²) in [5.74, 6) is -0.115. The first-order valence-corrected chi connectivity index (χ1v) is 11.8. The van der Waals surface area contributed by atoms with Gasteiger partial charge >= 0.3 is 0 Å². The average Bonchev–Trinajstić information content (AvgIpc) is 3.24. The molecule has 0 aliphatic heterocycles. The van der Waals surface area contributed by atoms with Crippen molar-refractivity contribution >= 4 is 11.6 Å². The molecule has 1 aliphatic rings. The largest absolute Gasteiger partial charge is 0.618 e. The summed E-state index contributed by atoms with van der Waals surface area (Å²) in [6.45, 7) is 0. The molecular formula is C24H21ClFN9O. The van der Waals surface area contributed by atoms with E-state index >= 15 is 4.39 Å². The van der Waals surface area contributed by atoms with Crippen LogP contribution in [-0.4, -0.2) is 39.5 Å². The van der Waals surface area contributed by atoms with Gasteiger partial charge < -0.3 is 9.77 Å². The first-order valence-electron chi connectivity index (χ1n) is 11.5. The highest BCUT2D eigenvalue weighted by Gasteiger charge is 2.32. The number of nitrogens with zero attached hydrogens (tertiary/aromatic N) is 9. The molecule has 1 unspecified atom stereocenters. The fourth-order valence-electron chi connectivity index (χ4n) is 4.49. The predicted molar refractivity (Wildman–Crippen MR) is 128 cm³/mol. The van der Waals surface area contributed by atoms with Crippen molar-refractivity contribution in [3.8, 4) is 28.1 Å². The van der Waals surface area contributed by atoms with Gasteiger partial charge in [-0.1, -0.05) is 24.4 Å². The Morgan fingerprint density at radius 2 is 2.03 bits per heavy atom. The second-order valence-electron chi connectivity index (χ2n) is 8.97. The van der Waals surface area contributed by atoms with Gasteiger partial charge in [0.1, 0.15) is 12.4 Å². The van der Waals surface area contributed by atoms with Gasteiger partial charge in [0.2, 0.25) is 5.69 Å². The second kappa shape index (κ2) is 8.83. The van der Waals surface area contributed by atoms with Crippen LogP contribution in [-0.2, 0) is 7.05 Å². The van der Waals surface area contributed by atoms with E-state index in [4.69, 9.17) is 11.6 Å². The van der Waals surface area contributed by atoms with Gasteiger partial charge in [-0.3, -0.25) is 4.68 Å². The molecule has 0 bridgehead atoms. The standard InChI is InChI=1S/C24H21ClFN9O/c1-32-13-27-10-22(32)17-9-29-33(11-17)21(8-15-2-3-15)19-6-4-16(12-35(19)36)23-20(34-14-28-30-31-34)7-5-18(25)24(23)26/h4-7,9-15,21H,2-3,8H2,1H3. The van der Waals surface area contributed by atoms with Crippen molar-refractivity contribution in [2.45, 2.75) is 25.3 Å². The van der Waals surface area contributed by atoms with E-state index in [9.17, 15) is 5.21 Å². The number of hydrogen-bond acceptors (Lipinski definition) is 6. The normalized spacial score (nSPS) is 14.3. The van der Waals surface area contributed by atoms with Crippen molar-refractivity contribution in [2.75, 3.05) is 0 Å². The summed E-state index contributed by atoms with van der Waals surface area (Å²) in [6.07, 6.45) is 13.0. The zero-order chi connectivity index (χ0) is 24.8. The second-order valence-corrected chi connectivity index (χ2v) is 9.38. The van der Waals surface area contributed by atoms with Gasteiger partial charge in [0.25, 0.3) is 0 Å². The Hall–Kier alpha value is -4.12. The maximum Gasteiger partial charge on any atom is 0.217 e. The fraction of sp³-hybridized carbons (Fsp3) is 0.250. The number of imidazole rings is 1. The molecule has 1 atom stereocenters. The Morgan fingerprint density at radius 3 is 2.72 bits per heavy atom. The van der Waals surface area contributed by atoms with Gasteiger partial charge in [-0.05, 0) is 41.0 Å². The number of halogens is 2. The molecule has 4 heterocycles. The van der Waals surface area contributed by atoms with Gasteiger partial charge in [0.15, 0.2) is 12.0 Å². The maximum absolute atomic E-state index is 15.2. The number of rotatable bonds is 7. The Labute approximate surface area is 210 Å². The maximum atomic E-state index is 15.2. The van der Waals surface area contributed by atoms with E-state index in [2.05, 4.69) is 25.6 Å². The van der Waals surface area contributed by atoms with Crippen LogP contribution in [0.25, 0.3) is 28.1 Å². The number of benzene rings is 1. The summed E-state index contributed by atoms with van der Waals surface area (Å²) < 4.78 is 21.1. The van der Waals surface area contributed by atoms with Crippen LogP contribution in [0.4, 0.5) is 4.39 Å². The summed E-state index contributed by atoms with van der Waals surface area (Å²) >= 11 is 6.08. The molecule has 0 saturated heterocycles. The van der Waals surface area contributed by atoms with Crippen LogP contribution in [0.2, 0.25) is 5.02 Å². The lowest BCUT2D eigenvalue weighted by molar-refractivity contribution is -0.615. The molecule has 6 rings (SSSR count). The SMILES string of the molecule is Cn1cncc1-c1cnn(C(CC2CC2)c2ccc(-c3c(-n4cnnn4)ccc(Cl)c3F)c[n+]2[O-])c1. The highest BCUT2D eigenvalue weighted by molar-refractivity contribution is 6.31. The molecule has 0 spiro atoms. The first-order chi connectivity index (χ1) is 17.5. The monoisotopic (exact) mass is 505 g/mol. The summed E-state index contributed by atoms with van der Waals surface area (Å²) in [5.41, 5.74) is 3.25. The highest BCUT2D eigenvalue weighted by atomic mass is 35.5. The predicted octanol–water partition coefficient (Wildman–Crippen LogP) is 3.74. The molecule has 1 aromatic carbocycles. The van der Waals surface area contributed by atoms with Crippen molar-refractivity contribution < 1.29 is 9.12 Å². The van der Waals surface area contributed by atoms with Crippen molar-refractivity contribution in [1.82, 2.24) is 39.5 Å². The Balaban J connectivity index is 1.41. The lowest BCUT2D eigenvalue weighted by Crippen LogP contribution is -2.35. The molecular weight excluding hydrogens is 485 g/mol. The minimum atomic E-state index is -0.653. The number of pyridine rings is 1. The summed E-state index contributed by atoms with van der Waals surface area (Å²) in [4.78, 5) is 4.18. The third kappa shape index (κ3) is 4.01. The third-order valence-corrected chi connectivity index (χ3v) is 6.82. The molecule has 1 fully saturated rings. The lowest BCUT2D eigenvalue weighted by Gasteiger charge is -2.18. The average molecular weight is 506 g/mol. The van der Waals surface area contributed by atoms with E-state index in [1.165, 1.54) is 23.3 Å². The van der Waals surface area contributed by atoms with Crippen molar-refractivity contribution in [2.24, 2.45) is 13.0 Å². The minimum Gasteiger partial charge on any atom is -0.618 e. The van der Waals surface area contributed by atoms with Crippen LogP contribution in [0.5, 0.6) is 0 Å². The zero-order valence-electron chi connectivity index (χ0n) is 19.2. The number of hydrogen-bond donors (Lipinski definition) is 0. The van der Waals surface area contributed by atoms with Crippen LogP contribution in [0.1, 0.15) is 31.0 Å². The van der Waals surface area contributed by atoms with E-state index in [1.54, 1.807) is 36.9 Å². The van der Waals surface area contributed by atoms with Gasteiger partial charge in [0, 0.05) is 24.9 Å². The smallest absolute Gasteiger partial charge is 0.217 e.